The number of amides is 1. The minimum Gasteiger partial charge on any atom is -0.334 e. The first kappa shape index (κ1) is 13.5. The van der Waals surface area contributed by atoms with Crippen LogP contribution in [-0.2, 0) is 12.8 Å². The van der Waals surface area contributed by atoms with E-state index in [4.69, 9.17) is 4.52 Å². The molecule has 0 bridgehead atoms. The van der Waals surface area contributed by atoms with Gasteiger partial charge in [-0.3, -0.25) is 4.79 Å². The Hall–Kier alpha value is -2.21. The first-order chi connectivity index (χ1) is 10.7. The number of thiophene rings is 1. The van der Waals surface area contributed by atoms with Crippen LogP contribution in [0.1, 0.15) is 33.5 Å². The van der Waals surface area contributed by atoms with E-state index >= 15 is 0 Å². The van der Waals surface area contributed by atoms with Gasteiger partial charge in [0, 0.05) is 11.1 Å². The summed E-state index contributed by atoms with van der Waals surface area (Å²) in [6, 6.07) is 5.64. The van der Waals surface area contributed by atoms with Crippen LogP contribution >= 0.6 is 11.3 Å². The first-order valence-electron chi connectivity index (χ1n) is 7.34. The van der Waals surface area contributed by atoms with E-state index in [1.807, 2.05) is 12.1 Å². The Morgan fingerprint density at radius 1 is 1.50 bits per heavy atom. The van der Waals surface area contributed by atoms with E-state index in [0.717, 1.165) is 17.7 Å². The van der Waals surface area contributed by atoms with Crippen molar-refractivity contribution in [1.29, 1.82) is 0 Å². The second-order valence-electron chi connectivity index (χ2n) is 5.75. The smallest absolute Gasteiger partial charge is 0.267 e. The summed E-state index contributed by atoms with van der Waals surface area (Å²) in [4.78, 5) is 18.6. The van der Waals surface area contributed by atoms with Gasteiger partial charge in [-0.15, -0.1) is 11.3 Å². The summed E-state index contributed by atoms with van der Waals surface area (Å²) in [5, 5.41) is 7.43. The van der Waals surface area contributed by atoms with E-state index in [1.54, 1.807) is 23.6 Å². The minimum absolute atomic E-state index is 0.133. The molecular formula is C16H15N3O2S. The summed E-state index contributed by atoms with van der Waals surface area (Å²) in [6.45, 7) is 2.26. The van der Waals surface area contributed by atoms with Crippen molar-refractivity contribution >= 4 is 34.2 Å². The highest BCUT2D eigenvalue weighted by molar-refractivity contribution is 7.14. The van der Waals surface area contributed by atoms with E-state index in [1.165, 1.54) is 16.9 Å². The molecule has 3 heterocycles. The predicted octanol–water partition coefficient (Wildman–Crippen LogP) is 3.66. The lowest BCUT2D eigenvalue weighted by atomic mass is 9.90. The van der Waals surface area contributed by atoms with E-state index in [9.17, 15) is 4.79 Å². The zero-order valence-corrected chi connectivity index (χ0v) is 12.9. The van der Waals surface area contributed by atoms with Crippen LogP contribution in [0.25, 0.3) is 11.1 Å². The maximum atomic E-state index is 12.5. The van der Waals surface area contributed by atoms with Crippen LogP contribution in [-0.4, -0.2) is 16.0 Å². The molecule has 4 rings (SSSR count). The van der Waals surface area contributed by atoms with Crippen molar-refractivity contribution in [3.05, 3.63) is 39.7 Å². The van der Waals surface area contributed by atoms with Crippen LogP contribution in [0.4, 0.5) is 5.82 Å². The van der Waals surface area contributed by atoms with Gasteiger partial charge >= 0.3 is 0 Å². The van der Waals surface area contributed by atoms with Gasteiger partial charge in [-0.05, 0) is 48.9 Å². The fourth-order valence-corrected chi connectivity index (χ4v) is 3.96. The molecule has 0 spiro atoms. The molecule has 0 saturated carbocycles. The van der Waals surface area contributed by atoms with Gasteiger partial charge in [-0.25, -0.2) is 4.98 Å². The topological polar surface area (TPSA) is 68.0 Å². The number of rotatable bonds is 2. The molecule has 3 aromatic heterocycles. The second kappa shape index (κ2) is 5.21. The molecule has 0 fully saturated rings. The summed E-state index contributed by atoms with van der Waals surface area (Å²) in [5.41, 5.74) is 1.75. The molecule has 5 nitrogen and oxygen atoms in total. The molecular weight excluding hydrogens is 298 g/mol. The van der Waals surface area contributed by atoms with Gasteiger partial charge in [0.2, 0.25) is 0 Å². The highest BCUT2D eigenvalue weighted by Gasteiger charge is 2.21. The third-order valence-electron chi connectivity index (χ3n) is 4.03. The number of carbonyl (C=O) groups excluding carboxylic acids is 1. The lowest BCUT2D eigenvalue weighted by Gasteiger charge is -2.16. The molecule has 6 heteroatoms. The van der Waals surface area contributed by atoms with E-state index in [0.29, 0.717) is 22.8 Å². The number of fused-ring (bicyclic) bond motifs is 2. The molecule has 1 atom stereocenters. The molecule has 0 saturated heterocycles. The molecule has 1 aliphatic carbocycles. The third kappa shape index (κ3) is 2.29. The number of aromatic nitrogens is 2. The predicted molar refractivity (Wildman–Crippen MR) is 85.3 cm³/mol. The molecule has 1 aliphatic rings. The van der Waals surface area contributed by atoms with Crippen LogP contribution in [0.3, 0.4) is 0 Å². The van der Waals surface area contributed by atoms with E-state index in [-0.39, 0.29) is 5.91 Å². The second-order valence-corrected chi connectivity index (χ2v) is 6.89. The van der Waals surface area contributed by atoms with Gasteiger partial charge in [0.1, 0.15) is 0 Å². The number of hydrogen-bond acceptors (Lipinski definition) is 5. The highest BCUT2D eigenvalue weighted by Crippen LogP contribution is 2.32. The van der Waals surface area contributed by atoms with Crippen molar-refractivity contribution in [2.45, 2.75) is 26.2 Å². The maximum Gasteiger partial charge on any atom is 0.267 e. The normalized spacial score (nSPS) is 17.4. The SMILES string of the molecule is CC1CCc2sc(C(=O)Nc3noc4ncccc34)cc2C1. The minimum atomic E-state index is -0.133. The molecule has 1 amide bonds. The standard InChI is InChI=1S/C16H15N3O2S/c1-9-4-5-12-10(7-9)8-13(22-12)15(20)18-14-11-3-2-6-17-16(11)21-19-14/h2-3,6,8-9H,4-5,7H2,1H3,(H,18,19,20). The van der Waals surface area contributed by atoms with Gasteiger partial charge in [0.15, 0.2) is 5.82 Å². The van der Waals surface area contributed by atoms with E-state index < -0.39 is 0 Å². The zero-order chi connectivity index (χ0) is 15.1. The fraction of sp³-hybridized carbons (Fsp3) is 0.312. The van der Waals surface area contributed by atoms with Crippen molar-refractivity contribution in [3.63, 3.8) is 0 Å². The third-order valence-corrected chi connectivity index (χ3v) is 5.27. The van der Waals surface area contributed by atoms with Gasteiger partial charge in [-0.1, -0.05) is 12.1 Å². The Labute approximate surface area is 131 Å². The molecule has 112 valence electrons. The number of carbonyl (C=O) groups is 1. The summed E-state index contributed by atoms with van der Waals surface area (Å²) < 4.78 is 5.11. The van der Waals surface area contributed by atoms with Crippen LogP contribution < -0.4 is 5.32 Å². The van der Waals surface area contributed by atoms with Crippen molar-refractivity contribution in [1.82, 2.24) is 10.1 Å². The Morgan fingerprint density at radius 3 is 3.32 bits per heavy atom. The first-order valence-corrected chi connectivity index (χ1v) is 8.15. The van der Waals surface area contributed by atoms with Crippen LogP contribution in [0.5, 0.6) is 0 Å². The average Bonchev–Trinajstić information content (AvgIpc) is 3.11. The average molecular weight is 313 g/mol. The van der Waals surface area contributed by atoms with Gasteiger partial charge in [-0.2, -0.15) is 0 Å². The zero-order valence-electron chi connectivity index (χ0n) is 12.1. The van der Waals surface area contributed by atoms with Gasteiger partial charge < -0.3 is 9.84 Å². The lowest BCUT2D eigenvalue weighted by Crippen LogP contribution is -2.10. The monoisotopic (exact) mass is 313 g/mol. The Kier molecular flexibility index (Phi) is 3.18. The molecule has 0 aromatic carbocycles. The Bertz CT molecular complexity index is 852. The summed E-state index contributed by atoms with van der Waals surface area (Å²) in [7, 11) is 0. The number of nitrogens with one attached hydrogen (secondary N) is 1. The number of aryl methyl sites for hydroxylation is 1. The van der Waals surface area contributed by atoms with Crippen molar-refractivity contribution in [3.8, 4) is 0 Å². The molecule has 22 heavy (non-hydrogen) atoms. The summed E-state index contributed by atoms with van der Waals surface area (Å²) >= 11 is 1.59. The van der Waals surface area contributed by atoms with Crippen LogP contribution in [0, 0.1) is 5.92 Å². The number of anilines is 1. The number of nitrogens with zero attached hydrogens (tertiary/aromatic N) is 2. The molecule has 1 unspecified atom stereocenters. The fourth-order valence-electron chi connectivity index (χ4n) is 2.86. The van der Waals surface area contributed by atoms with Crippen LogP contribution in [0.2, 0.25) is 0 Å². The molecule has 1 N–H and O–H groups in total. The number of pyridine rings is 1. The molecule has 0 aliphatic heterocycles. The Morgan fingerprint density at radius 2 is 2.41 bits per heavy atom. The van der Waals surface area contributed by atoms with Gasteiger partial charge in [0.05, 0.1) is 10.3 Å². The maximum absolute atomic E-state index is 12.5. The van der Waals surface area contributed by atoms with Crippen molar-refractivity contribution in [2.24, 2.45) is 5.92 Å². The highest BCUT2D eigenvalue weighted by atomic mass is 32.1. The number of hydrogen-bond donors (Lipinski definition) is 1. The van der Waals surface area contributed by atoms with Crippen molar-refractivity contribution in [2.75, 3.05) is 5.32 Å². The summed E-state index contributed by atoms with van der Waals surface area (Å²) in [6.07, 6.45) is 4.98. The van der Waals surface area contributed by atoms with Crippen LogP contribution in [0.15, 0.2) is 28.9 Å². The molecule has 0 radical (unpaired) electrons. The van der Waals surface area contributed by atoms with E-state index in [2.05, 4.69) is 22.4 Å². The Balaban J connectivity index is 1.60. The quantitative estimate of drug-likeness (QED) is 0.784. The van der Waals surface area contributed by atoms with Crippen molar-refractivity contribution < 1.29 is 9.32 Å². The lowest BCUT2D eigenvalue weighted by molar-refractivity contribution is 0.102. The largest absolute Gasteiger partial charge is 0.334 e. The van der Waals surface area contributed by atoms with Gasteiger partial charge in [0.25, 0.3) is 11.6 Å². The molecule has 3 aromatic rings. The summed E-state index contributed by atoms with van der Waals surface area (Å²) in [5.74, 6) is 0.988.